The van der Waals surface area contributed by atoms with Gasteiger partial charge in [0.1, 0.15) is 5.82 Å². The van der Waals surface area contributed by atoms with Crippen LogP contribution in [0.15, 0.2) is 36.4 Å². The number of piperazine rings is 1. The van der Waals surface area contributed by atoms with Crippen LogP contribution in [-0.2, 0) is 30.2 Å². The van der Waals surface area contributed by atoms with Crippen LogP contribution in [0.5, 0.6) is 0 Å². The first-order chi connectivity index (χ1) is 13.9. The standard InChI is InChI=1S/C20H24F3N5O/c21-20(22,23)16-6-8-18(28-11-9-25-10-12-28)26-17(16)7-5-14-1-3-15(4-2-14)13-19(29)27-24/h1-4,6,8,25H,5,7,9-13,24H2,(H,27,29). The number of nitrogens with zero attached hydrogens (tertiary/aromatic N) is 2. The van der Waals surface area contributed by atoms with Gasteiger partial charge in [0, 0.05) is 26.2 Å². The molecular weight excluding hydrogens is 383 g/mol. The van der Waals surface area contributed by atoms with Crippen LogP contribution in [0.25, 0.3) is 0 Å². The lowest BCUT2D eigenvalue weighted by Gasteiger charge is -2.29. The van der Waals surface area contributed by atoms with Gasteiger partial charge in [-0.2, -0.15) is 13.2 Å². The highest BCUT2D eigenvalue weighted by molar-refractivity contribution is 5.77. The molecular formula is C20H24F3N5O. The molecule has 2 heterocycles. The molecule has 0 unspecified atom stereocenters. The number of aromatic nitrogens is 1. The van der Waals surface area contributed by atoms with Crippen LogP contribution in [0.4, 0.5) is 19.0 Å². The molecule has 0 atom stereocenters. The zero-order valence-corrected chi connectivity index (χ0v) is 15.9. The fourth-order valence-electron chi connectivity index (χ4n) is 3.33. The molecule has 0 radical (unpaired) electrons. The van der Waals surface area contributed by atoms with E-state index in [1.54, 1.807) is 12.1 Å². The Morgan fingerprint density at radius 3 is 2.34 bits per heavy atom. The number of aryl methyl sites for hydroxylation is 2. The summed E-state index contributed by atoms with van der Waals surface area (Å²) in [6.45, 7) is 3.00. The van der Waals surface area contributed by atoms with E-state index in [9.17, 15) is 18.0 Å². The predicted octanol–water partition coefficient (Wildman–Crippen LogP) is 1.83. The van der Waals surface area contributed by atoms with Crippen molar-refractivity contribution in [3.63, 3.8) is 0 Å². The van der Waals surface area contributed by atoms with Gasteiger partial charge in [-0.15, -0.1) is 0 Å². The summed E-state index contributed by atoms with van der Waals surface area (Å²) in [5.74, 6) is 5.35. The summed E-state index contributed by atoms with van der Waals surface area (Å²) >= 11 is 0. The van der Waals surface area contributed by atoms with Gasteiger partial charge in [0.2, 0.25) is 5.91 Å². The normalized spacial score (nSPS) is 14.7. The van der Waals surface area contributed by atoms with Crippen LogP contribution in [0.1, 0.15) is 22.4 Å². The van der Waals surface area contributed by atoms with Gasteiger partial charge in [0.15, 0.2) is 0 Å². The fraction of sp³-hybridized carbons (Fsp3) is 0.400. The van der Waals surface area contributed by atoms with Crippen LogP contribution in [0.2, 0.25) is 0 Å². The van der Waals surface area contributed by atoms with Crippen molar-refractivity contribution in [1.82, 2.24) is 15.7 Å². The Morgan fingerprint density at radius 1 is 1.07 bits per heavy atom. The highest BCUT2D eigenvalue weighted by Crippen LogP contribution is 2.33. The molecule has 6 nitrogen and oxygen atoms in total. The Bertz CT molecular complexity index is 833. The lowest BCUT2D eigenvalue weighted by atomic mass is 10.0. The number of benzene rings is 1. The Kier molecular flexibility index (Phi) is 6.71. The van der Waals surface area contributed by atoms with Crippen LogP contribution < -0.4 is 21.5 Å². The maximum atomic E-state index is 13.4. The van der Waals surface area contributed by atoms with Crippen molar-refractivity contribution in [1.29, 1.82) is 0 Å². The van der Waals surface area contributed by atoms with E-state index in [4.69, 9.17) is 5.84 Å². The molecule has 1 fully saturated rings. The lowest BCUT2D eigenvalue weighted by molar-refractivity contribution is -0.138. The molecule has 29 heavy (non-hydrogen) atoms. The molecule has 1 aromatic heterocycles. The third kappa shape index (κ3) is 5.68. The number of anilines is 1. The molecule has 0 spiro atoms. The minimum Gasteiger partial charge on any atom is -0.354 e. The molecule has 1 amide bonds. The summed E-state index contributed by atoms with van der Waals surface area (Å²) < 4.78 is 40.3. The summed E-state index contributed by atoms with van der Waals surface area (Å²) in [6.07, 6.45) is -3.69. The van der Waals surface area contributed by atoms with Crippen LogP contribution in [0.3, 0.4) is 0 Å². The summed E-state index contributed by atoms with van der Waals surface area (Å²) in [5, 5.41) is 3.22. The van der Waals surface area contributed by atoms with Crippen LogP contribution in [-0.4, -0.2) is 37.1 Å². The first-order valence-corrected chi connectivity index (χ1v) is 9.47. The molecule has 1 saturated heterocycles. The SMILES string of the molecule is NNC(=O)Cc1ccc(CCc2nc(N3CCNCC3)ccc2C(F)(F)F)cc1. The molecule has 2 aromatic rings. The van der Waals surface area contributed by atoms with Gasteiger partial charge in [-0.1, -0.05) is 24.3 Å². The van der Waals surface area contributed by atoms with Crippen molar-refractivity contribution in [3.8, 4) is 0 Å². The quantitative estimate of drug-likeness (QED) is 0.387. The van der Waals surface area contributed by atoms with Crippen molar-refractivity contribution in [3.05, 3.63) is 58.8 Å². The summed E-state index contributed by atoms with van der Waals surface area (Å²) in [7, 11) is 0. The number of halogens is 3. The number of hydrogen-bond donors (Lipinski definition) is 3. The third-order valence-electron chi connectivity index (χ3n) is 4.90. The predicted molar refractivity (Wildman–Crippen MR) is 104 cm³/mol. The first kappa shape index (κ1) is 21.1. The Morgan fingerprint density at radius 2 is 1.72 bits per heavy atom. The topological polar surface area (TPSA) is 83.3 Å². The largest absolute Gasteiger partial charge is 0.418 e. The van der Waals surface area contributed by atoms with E-state index in [0.717, 1.165) is 43.4 Å². The number of hydrazine groups is 1. The molecule has 3 rings (SSSR count). The van der Waals surface area contributed by atoms with Crippen molar-refractivity contribution >= 4 is 11.7 Å². The minimum absolute atomic E-state index is 0.0557. The number of alkyl halides is 3. The average molecular weight is 407 g/mol. The Balaban J connectivity index is 1.74. The van der Waals surface area contributed by atoms with E-state index in [1.807, 2.05) is 17.0 Å². The Hall–Kier alpha value is -2.65. The van der Waals surface area contributed by atoms with E-state index < -0.39 is 11.7 Å². The molecule has 0 aliphatic carbocycles. The second-order valence-electron chi connectivity index (χ2n) is 6.96. The molecule has 1 aliphatic rings. The molecule has 4 N–H and O–H groups in total. The fourth-order valence-corrected chi connectivity index (χ4v) is 3.33. The van der Waals surface area contributed by atoms with E-state index in [1.165, 1.54) is 6.07 Å². The molecule has 9 heteroatoms. The molecule has 1 aromatic carbocycles. The van der Waals surface area contributed by atoms with Gasteiger partial charge < -0.3 is 10.2 Å². The van der Waals surface area contributed by atoms with Crippen LogP contribution >= 0.6 is 0 Å². The highest BCUT2D eigenvalue weighted by atomic mass is 19.4. The van der Waals surface area contributed by atoms with E-state index >= 15 is 0 Å². The molecule has 0 saturated carbocycles. The number of carbonyl (C=O) groups is 1. The van der Waals surface area contributed by atoms with Crippen molar-refractivity contribution in [2.24, 2.45) is 5.84 Å². The number of amides is 1. The number of pyridine rings is 1. The van der Waals surface area contributed by atoms with E-state index in [2.05, 4.69) is 15.7 Å². The second-order valence-corrected chi connectivity index (χ2v) is 6.96. The number of nitrogens with one attached hydrogen (secondary N) is 2. The van der Waals surface area contributed by atoms with E-state index in [0.29, 0.717) is 12.2 Å². The minimum atomic E-state index is -4.44. The summed E-state index contributed by atoms with van der Waals surface area (Å²) in [6, 6.07) is 9.77. The highest BCUT2D eigenvalue weighted by Gasteiger charge is 2.34. The van der Waals surface area contributed by atoms with Gasteiger partial charge in [-0.05, 0) is 36.1 Å². The summed E-state index contributed by atoms with van der Waals surface area (Å²) in [5.41, 5.74) is 3.10. The van der Waals surface area contributed by atoms with Crippen molar-refractivity contribution < 1.29 is 18.0 Å². The zero-order valence-electron chi connectivity index (χ0n) is 15.9. The summed E-state index contributed by atoms with van der Waals surface area (Å²) in [4.78, 5) is 17.7. The number of carbonyl (C=O) groups excluding carboxylic acids is 1. The molecule has 156 valence electrons. The van der Waals surface area contributed by atoms with Gasteiger partial charge in [0.25, 0.3) is 0 Å². The van der Waals surface area contributed by atoms with Gasteiger partial charge >= 0.3 is 6.18 Å². The lowest BCUT2D eigenvalue weighted by Crippen LogP contribution is -2.44. The molecule has 0 bridgehead atoms. The average Bonchev–Trinajstić information content (AvgIpc) is 2.73. The van der Waals surface area contributed by atoms with Gasteiger partial charge in [-0.3, -0.25) is 10.2 Å². The maximum Gasteiger partial charge on any atom is 0.418 e. The van der Waals surface area contributed by atoms with Crippen molar-refractivity contribution in [2.45, 2.75) is 25.4 Å². The monoisotopic (exact) mass is 407 g/mol. The zero-order chi connectivity index (χ0) is 20.9. The first-order valence-electron chi connectivity index (χ1n) is 9.47. The van der Waals surface area contributed by atoms with Gasteiger partial charge in [0.05, 0.1) is 17.7 Å². The Labute approximate surface area is 167 Å². The van der Waals surface area contributed by atoms with Crippen LogP contribution in [0, 0.1) is 0 Å². The number of rotatable bonds is 6. The second kappa shape index (κ2) is 9.23. The van der Waals surface area contributed by atoms with Crippen molar-refractivity contribution in [2.75, 3.05) is 31.1 Å². The van der Waals surface area contributed by atoms with E-state index in [-0.39, 0.29) is 24.4 Å². The third-order valence-corrected chi connectivity index (χ3v) is 4.90. The number of hydrogen-bond acceptors (Lipinski definition) is 5. The number of nitrogens with two attached hydrogens (primary N) is 1. The smallest absolute Gasteiger partial charge is 0.354 e. The maximum absolute atomic E-state index is 13.4. The molecule has 1 aliphatic heterocycles. The van der Waals surface area contributed by atoms with Gasteiger partial charge in [-0.25, -0.2) is 10.8 Å².